The molecule has 2 heterocycles. The molecule has 0 saturated carbocycles. The summed E-state index contributed by atoms with van der Waals surface area (Å²) in [6.07, 6.45) is 4.46. The second kappa shape index (κ2) is 8.52. The summed E-state index contributed by atoms with van der Waals surface area (Å²) < 4.78 is 16.4. The number of thioether (sulfide) groups is 1. The zero-order valence-electron chi connectivity index (χ0n) is 17.5. The maximum absolute atomic E-state index is 14.5. The molecule has 7 heteroatoms. The van der Waals surface area contributed by atoms with Gasteiger partial charge in [0, 0.05) is 33.8 Å². The van der Waals surface area contributed by atoms with Gasteiger partial charge in [-0.25, -0.2) is 4.39 Å². The summed E-state index contributed by atoms with van der Waals surface area (Å²) in [5.74, 6) is -0.641. The Balaban J connectivity index is 1.85. The average molecular weight is 457 g/mol. The standard InChI is InChI=1S/C24H22ClFN2O2S/c1-4-15-7-5-8-17-16(11-21-23(29)28(14(2)3)24(30)31-21)12-27(22(15)17)13-18-19(25)9-6-10-20(18)26/h5-12,14H,4,13H2,1-3H3/b21-11-. The van der Waals surface area contributed by atoms with Crippen molar-refractivity contribution in [3.05, 3.63) is 75.0 Å². The molecule has 0 atom stereocenters. The number of imide groups is 1. The van der Waals surface area contributed by atoms with Crippen molar-refractivity contribution in [2.75, 3.05) is 0 Å². The van der Waals surface area contributed by atoms with E-state index >= 15 is 0 Å². The number of para-hydroxylation sites is 1. The highest BCUT2D eigenvalue weighted by molar-refractivity contribution is 8.18. The van der Waals surface area contributed by atoms with E-state index in [1.54, 1.807) is 18.2 Å². The minimum Gasteiger partial charge on any atom is -0.342 e. The number of aromatic nitrogens is 1. The number of carbonyl (C=O) groups excluding carboxylic acids is 2. The molecule has 0 aliphatic carbocycles. The second-order valence-corrected chi connectivity index (χ2v) is 9.13. The number of carbonyl (C=O) groups is 2. The lowest BCUT2D eigenvalue weighted by atomic mass is 10.1. The Morgan fingerprint density at radius 3 is 2.55 bits per heavy atom. The molecule has 1 saturated heterocycles. The normalized spacial score (nSPS) is 15.8. The van der Waals surface area contributed by atoms with Gasteiger partial charge in [-0.05, 0) is 55.8 Å². The van der Waals surface area contributed by atoms with Crippen LogP contribution in [0.3, 0.4) is 0 Å². The Hall–Kier alpha value is -2.57. The molecule has 160 valence electrons. The van der Waals surface area contributed by atoms with Crippen LogP contribution in [0.15, 0.2) is 47.5 Å². The predicted molar refractivity (Wildman–Crippen MR) is 125 cm³/mol. The van der Waals surface area contributed by atoms with Gasteiger partial charge in [-0.15, -0.1) is 0 Å². The number of nitrogens with zero attached hydrogens (tertiary/aromatic N) is 2. The number of amides is 2. The van der Waals surface area contributed by atoms with Gasteiger partial charge in [-0.3, -0.25) is 14.5 Å². The SMILES string of the molecule is CCc1cccc2c(/C=C3\SC(=O)N(C(C)C)C3=O)cn(Cc3c(F)cccc3Cl)c12. The second-order valence-electron chi connectivity index (χ2n) is 7.72. The highest BCUT2D eigenvalue weighted by Gasteiger charge is 2.36. The summed E-state index contributed by atoms with van der Waals surface area (Å²) >= 11 is 7.22. The van der Waals surface area contributed by atoms with E-state index in [0.717, 1.165) is 40.2 Å². The summed E-state index contributed by atoms with van der Waals surface area (Å²) in [6, 6.07) is 10.5. The van der Waals surface area contributed by atoms with Gasteiger partial charge in [0.05, 0.1) is 17.0 Å². The van der Waals surface area contributed by atoms with Gasteiger partial charge in [0.25, 0.3) is 11.1 Å². The van der Waals surface area contributed by atoms with Crippen molar-refractivity contribution in [2.24, 2.45) is 0 Å². The minimum absolute atomic E-state index is 0.199. The Morgan fingerprint density at radius 1 is 1.16 bits per heavy atom. The molecule has 0 N–H and O–H groups in total. The molecule has 2 aromatic carbocycles. The molecular weight excluding hydrogens is 435 g/mol. The molecule has 2 amide bonds. The first-order valence-electron chi connectivity index (χ1n) is 10.1. The third-order valence-corrected chi connectivity index (χ3v) is 6.65. The summed E-state index contributed by atoms with van der Waals surface area (Å²) in [5.41, 5.74) is 3.31. The van der Waals surface area contributed by atoms with E-state index < -0.39 is 0 Å². The van der Waals surface area contributed by atoms with Crippen LogP contribution in [-0.2, 0) is 17.8 Å². The molecule has 0 spiro atoms. The summed E-state index contributed by atoms with van der Waals surface area (Å²) in [6.45, 7) is 5.96. The lowest BCUT2D eigenvalue weighted by Gasteiger charge is -2.16. The highest BCUT2D eigenvalue weighted by Crippen LogP contribution is 2.36. The van der Waals surface area contributed by atoms with Crippen LogP contribution < -0.4 is 0 Å². The Bertz CT molecular complexity index is 1210. The van der Waals surface area contributed by atoms with Crippen molar-refractivity contribution in [3.63, 3.8) is 0 Å². The average Bonchev–Trinajstić information content (AvgIpc) is 3.21. The topological polar surface area (TPSA) is 42.3 Å². The molecule has 4 nitrogen and oxygen atoms in total. The molecule has 3 aromatic rings. The van der Waals surface area contributed by atoms with Crippen LogP contribution in [0.1, 0.15) is 37.5 Å². The molecule has 0 unspecified atom stereocenters. The van der Waals surface area contributed by atoms with Crippen molar-refractivity contribution in [3.8, 4) is 0 Å². The fraction of sp³-hybridized carbons (Fsp3) is 0.250. The maximum Gasteiger partial charge on any atom is 0.293 e. The number of halogens is 2. The van der Waals surface area contributed by atoms with E-state index in [4.69, 9.17) is 11.6 Å². The Morgan fingerprint density at radius 2 is 1.90 bits per heavy atom. The van der Waals surface area contributed by atoms with Gasteiger partial charge < -0.3 is 4.57 Å². The third-order valence-electron chi connectivity index (χ3n) is 5.41. The van der Waals surface area contributed by atoms with Crippen molar-refractivity contribution in [1.29, 1.82) is 0 Å². The fourth-order valence-corrected chi connectivity index (χ4v) is 5.08. The first kappa shape index (κ1) is 21.7. The van der Waals surface area contributed by atoms with Crippen LogP contribution in [0.5, 0.6) is 0 Å². The van der Waals surface area contributed by atoms with E-state index in [0.29, 0.717) is 15.5 Å². The van der Waals surface area contributed by atoms with E-state index in [-0.39, 0.29) is 29.6 Å². The van der Waals surface area contributed by atoms with Gasteiger partial charge in [-0.2, -0.15) is 0 Å². The third kappa shape index (κ3) is 3.90. The molecule has 4 rings (SSSR count). The first-order chi connectivity index (χ1) is 14.8. The molecule has 31 heavy (non-hydrogen) atoms. The zero-order chi connectivity index (χ0) is 22.3. The van der Waals surface area contributed by atoms with Crippen LogP contribution >= 0.6 is 23.4 Å². The Labute approximate surface area is 189 Å². The monoisotopic (exact) mass is 456 g/mol. The van der Waals surface area contributed by atoms with Gasteiger partial charge >= 0.3 is 0 Å². The van der Waals surface area contributed by atoms with E-state index in [1.165, 1.54) is 11.0 Å². The number of hydrogen-bond acceptors (Lipinski definition) is 3. The van der Waals surface area contributed by atoms with Gasteiger partial charge in [-0.1, -0.05) is 42.8 Å². The summed E-state index contributed by atoms with van der Waals surface area (Å²) in [5, 5.41) is 1.06. The number of benzene rings is 2. The van der Waals surface area contributed by atoms with Crippen molar-refractivity contribution >= 4 is 51.5 Å². The lowest BCUT2D eigenvalue weighted by Crippen LogP contribution is -2.34. The summed E-state index contributed by atoms with van der Waals surface area (Å²) in [4.78, 5) is 26.7. The fourth-order valence-electron chi connectivity index (χ4n) is 3.91. The number of hydrogen-bond donors (Lipinski definition) is 0. The highest BCUT2D eigenvalue weighted by atomic mass is 35.5. The van der Waals surface area contributed by atoms with Crippen LogP contribution in [0.2, 0.25) is 5.02 Å². The largest absolute Gasteiger partial charge is 0.342 e. The maximum atomic E-state index is 14.5. The Kier molecular flexibility index (Phi) is 5.95. The first-order valence-corrected chi connectivity index (χ1v) is 11.3. The summed E-state index contributed by atoms with van der Waals surface area (Å²) in [7, 11) is 0. The van der Waals surface area contributed by atoms with Crippen LogP contribution in [-0.4, -0.2) is 26.7 Å². The number of rotatable bonds is 5. The molecule has 0 radical (unpaired) electrons. The van der Waals surface area contributed by atoms with Gasteiger partial charge in [0.1, 0.15) is 5.82 Å². The smallest absolute Gasteiger partial charge is 0.293 e. The van der Waals surface area contributed by atoms with Crippen molar-refractivity contribution in [2.45, 2.75) is 39.8 Å². The number of fused-ring (bicyclic) bond motifs is 1. The van der Waals surface area contributed by atoms with Crippen LogP contribution in [0.4, 0.5) is 9.18 Å². The van der Waals surface area contributed by atoms with Gasteiger partial charge in [0.2, 0.25) is 0 Å². The zero-order valence-corrected chi connectivity index (χ0v) is 19.1. The number of aryl methyl sites for hydroxylation is 1. The minimum atomic E-state index is -0.358. The van der Waals surface area contributed by atoms with E-state index in [1.807, 2.05) is 42.8 Å². The van der Waals surface area contributed by atoms with Crippen molar-refractivity contribution in [1.82, 2.24) is 9.47 Å². The van der Waals surface area contributed by atoms with E-state index in [2.05, 4.69) is 6.92 Å². The van der Waals surface area contributed by atoms with E-state index in [9.17, 15) is 14.0 Å². The lowest BCUT2D eigenvalue weighted by molar-refractivity contribution is -0.123. The van der Waals surface area contributed by atoms with Crippen LogP contribution in [0.25, 0.3) is 17.0 Å². The molecule has 0 bridgehead atoms. The quantitative estimate of drug-likeness (QED) is 0.412. The van der Waals surface area contributed by atoms with Gasteiger partial charge in [0.15, 0.2) is 0 Å². The molecular formula is C24H22ClFN2O2S. The molecule has 1 aliphatic heterocycles. The van der Waals surface area contributed by atoms with Crippen LogP contribution in [0, 0.1) is 5.82 Å². The molecule has 1 aromatic heterocycles. The predicted octanol–water partition coefficient (Wildman–Crippen LogP) is 6.49. The molecule has 1 fully saturated rings. The van der Waals surface area contributed by atoms with Crippen molar-refractivity contribution < 1.29 is 14.0 Å². The molecule has 1 aliphatic rings.